The van der Waals surface area contributed by atoms with Crippen LogP contribution in [0.15, 0.2) is 30.6 Å². The van der Waals surface area contributed by atoms with Crippen molar-refractivity contribution in [1.82, 2.24) is 24.7 Å². The van der Waals surface area contributed by atoms with Gasteiger partial charge in [-0.3, -0.25) is 4.79 Å². The number of benzene rings is 1. The van der Waals surface area contributed by atoms with Crippen LogP contribution >= 0.6 is 0 Å². The lowest BCUT2D eigenvalue weighted by atomic mass is 10.1. The molecule has 1 aromatic carbocycles. The molecule has 3 aromatic heterocycles. The van der Waals surface area contributed by atoms with E-state index in [0.717, 1.165) is 30.2 Å². The van der Waals surface area contributed by atoms with Crippen molar-refractivity contribution < 1.29 is 9.18 Å². The van der Waals surface area contributed by atoms with Crippen molar-refractivity contribution in [2.45, 2.75) is 46.7 Å². The first-order valence-corrected chi connectivity index (χ1v) is 11.4. The molecule has 1 aliphatic rings. The highest BCUT2D eigenvalue weighted by molar-refractivity contribution is 6.13. The average molecular weight is 462 g/mol. The van der Waals surface area contributed by atoms with Crippen LogP contribution in [0.3, 0.4) is 0 Å². The smallest absolute Gasteiger partial charge is 0.257 e. The van der Waals surface area contributed by atoms with Crippen molar-refractivity contribution in [2.24, 2.45) is 0 Å². The number of pyridine rings is 1. The van der Waals surface area contributed by atoms with Gasteiger partial charge in [-0.15, -0.1) is 0 Å². The molecule has 5 rings (SSSR count). The summed E-state index contributed by atoms with van der Waals surface area (Å²) in [4.78, 5) is 29.4. The van der Waals surface area contributed by atoms with E-state index < -0.39 is 5.82 Å². The lowest BCUT2D eigenvalue weighted by Crippen LogP contribution is -2.54. The van der Waals surface area contributed by atoms with Gasteiger partial charge in [0.2, 0.25) is 0 Å². The monoisotopic (exact) mass is 461 g/mol. The van der Waals surface area contributed by atoms with Crippen molar-refractivity contribution in [3.63, 3.8) is 0 Å². The summed E-state index contributed by atoms with van der Waals surface area (Å²) in [7, 11) is 0. The molecule has 0 aliphatic carbocycles. The van der Waals surface area contributed by atoms with Crippen LogP contribution in [0, 0.1) is 26.6 Å². The van der Waals surface area contributed by atoms with Crippen LogP contribution in [0.25, 0.3) is 16.7 Å². The minimum Gasteiger partial charge on any atom is -0.367 e. The third-order valence-electron chi connectivity index (χ3n) is 6.24. The van der Waals surface area contributed by atoms with E-state index in [0.29, 0.717) is 40.1 Å². The van der Waals surface area contributed by atoms with Crippen LogP contribution in [0.4, 0.5) is 15.8 Å². The second kappa shape index (κ2) is 8.32. The maximum Gasteiger partial charge on any atom is 0.257 e. The summed E-state index contributed by atoms with van der Waals surface area (Å²) >= 11 is 0. The summed E-state index contributed by atoms with van der Waals surface area (Å²) in [6, 6.07) is 5.66. The number of piperazine rings is 1. The summed E-state index contributed by atoms with van der Waals surface area (Å²) in [5, 5.41) is 6.37. The normalized spacial score (nSPS) is 18.6. The van der Waals surface area contributed by atoms with E-state index in [1.54, 1.807) is 29.8 Å². The second-order valence-corrected chi connectivity index (χ2v) is 9.24. The molecule has 2 unspecified atom stereocenters. The third kappa shape index (κ3) is 3.96. The Labute approximate surface area is 197 Å². The van der Waals surface area contributed by atoms with Gasteiger partial charge in [0, 0.05) is 43.6 Å². The number of anilines is 2. The molecule has 4 heterocycles. The van der Waals surface area contributed by atoms with E-state index in [1.807, 2.05) is 19.9 Å². The molecule has 0 radical (unpaired) electrons. The number of nitrogens with one attached hydrogen (secondary N) is 2. The third-order valence-corrected chi connectivity index (χ3v) is 6.24. The van der Waals surface area contributed by atoms with Gasteiger partial charge in [0.15, 0.2) is 11.5 Å². The lowest BCUT2D eigenvalue weighted by molar-refractivity contribution is 0.102. The quantitative estimate of drug-likeness (QED) is 0.483. The summed E-state index contributed by atoms with van der Waals surface area (Å²) in [5.41, 5.74) is 5.44. The Morgan fingerprint density at radius 1 is 1.03 bits per heavy atom. The predicted octanol–water partition coefficient (Wildman–Crippen LogP) is 3.78. The van der Waals surface area contributed by atoms with Crippen LogP contribution in [-0.4, -0.2) is 50.4 Å². The molecule has 4 aromatic rings. The maximum absolute atomic E-state index is 14.5. The largest absolute Gasteiger partial charge is 0.367 e. The maximum atomic E-state index is 14.5. The number of carbonyl (C=O) groups excluding carboxylic acids is 1. The van der Waals surface area contributed by atoms with E-state index in [1.165, 1.54) is 6.07 Å². The van der Waals surface area contributed by atoms with Gasteiger partial charge in [-0.2, -0.15) is 0 Å². The molecule has 1 saturated heterocycles. The Bertz CT molecular complexity index is 1420. The number of imidazole rings is 1. The van der Waals surface area contributed by atoms with Gasteiger partial charge in [0.1, 0.15) is 11.0 Å². The van der Waals surface area contributed by atoms with Crippen molar-refractivity contribution in [1.29, 1.82) is 0 Å². The Kier molecular flexibility index (Phi) is 5.44. The number of fused-ring (bicyclic) bond motifs is 2. The van der Waals surface area contributed by atoms with Crippen LogP contribution in [0.5, 0.6) is 0 Å². The fourth-order valence-corrected chi connectivity index (χ4v) is 4.70. The van der Waals surface area contributed by atoms with Gasteiger partial charge < -0.3 is 19.9 Å². The second-order valence-electron chi connectivity index (χ2n) is 9.24. The van der Waals surface area contributed by atoms with Gasteiger partial charge in [0.05, 0.1) is 34.0 Å². The first-order valence-electron chi connectivity index (χ1n) is 11.4. The van der Waals surface area contributed by atoms with Crippen molar-refractivity contribution in [3.8, 4) is 0 Å². The van der Waals surface area contributed by atoms with E-state index in [-0.39, 0.29) is 11.6 Å². The van der Waals surface area contributed by atoms with Gasteiger partial charge in [0.25, 0.3) is 5.91 Å². The van der Waals surface area contributed by atoms with E-state index in [2.05, 4.69) is 34.4 Å². The van der Waals surface area contributed by atoms with E-state index in [9.17, 15) is 9.18 Å². The number of carbonyl (C=O) groups is 1. The fourth-order valence-electron chi connectivity index (χ4n) is 4.70. The molecular formula is C25H28FN7O. The van der Waals surface area contributed by atoms with Crippen LogP contribution in [0.2, 0.25) is 0 Å². The Morgan fingerprint density at radius 3 is 2.41 bits per heavy atom. The highest BCUT2D eigenvalue weighted by atomic mass is 19.1. The number of hydrogen-bond acceptors (Lipinski definition) is 6. The van der Waals surface area contributed by atoms with Crippen molar-refractivity contribution >= 4 is 34.0 Å². The van der Waals surface area contributed by atoms with Gasteiger partial charge in [-0.1, -0.05) is 0 Å². The number of halogens is 1. The summed E-state index contributed by atoms with van der Waals surface area (Å²) in [6.45, 7) is 11.6. The predicted molar refractivity (Wildman–Crippen MR) is 131 cm³/mol. The highest BCUT2D eigenvalue weighted by Crippen LogP contribution is 2.30. The highest BCUT2D eigenvalue weighted by Gasteiger charge is 2.25. The minimum atomic E-state index is -0.501. The summed E-state index contributed by atoms with van der Waals surface area (Å²) in [6.07, 6.45) is 3.36. The Morgan fingerprint density at radius 2 is 1.71 bits per heavy atom. The molecule has 1 aliphatic heterocycles. The van der Waals surface area contributed by atoms with Gasteiger partial charge >= 0.3 is 0 Å². The molecular weight excluding hydrogens is 433 g/mol. The standard InChI is InChI=1S/C25H28FN7O/c1-13-9-32(10-14(2)27-13)21-7-6-19(22-23(21)30-17(5)16(4)29-22)25(34)31-18-8-20(26)24-28-15(3)11-33(24)12-18/h6-8,11-14,27H,9-10H2,1-5H3,(H,31,34). The molecule has 2 N–H and O–H groups in total. The molecule has 34 heavy (non-hydrogen) atoms. The Hall–Kier alpha value is -3.59. The van der Waals surface area contributed by atoms with Crippen molar-refractivity contribution in [3.05, 3.63) is 59.1 Å². The van der Waals surface area contributed by atoms with E-state index in [4.69, 9.17) is 9.97 Å². The lowest BCUT2D eigenvalue weighted by Gasteiger charge is -2.38. The number of nitrogens with zero attached hydrogens (tertiary/aromatic N) is 5. The van der Waals surface area contributed by atoms with Gasteiger partial charge in [-0.05, 0) is 46.8 Å². The average Bonchev–Trinajstić information content (AvgIpc) is 3.14. The number of hydrogen-bond donors (Lipinski definition) is 2. The number of amides is 1. The van der Waals surface area contributed by atoms with Crippen LogP contribution in [0.1, 0.15) is 41.3 Å². The summed E-state index contributed by atoms with van der Waals surface area (Å²) < 4.78 is 16.1. The molecule has 1 fully saturated rings. The molecule has 8 nitrogen and oxygen atoms in total. The first kappa shape index (κ1) is 22.2. The molecule has 0 saturated carbocycles. The molecule has 0 spiro atoms. The van der Waals surface area contributed by atoms with E-state index >= 15 is 0 Å². The minimum absolute atomic E-state index is 0.224. The number of rotatable bonds is 3. The molecule has 9 heteroatoms. The van der Waals surface area contributed by atoms with Gasteiger partial charge in [-0.25, -0.2) is 19.3 Å². The number of aromatic nitrogens is 4. The SMILES string of the molecule is Cc1cn2cc(NC(=O)c3ccc(N4CC(C)NC(C)C4)c4nc(C)c(C)nc34)cc(F)c2n1. The number of aryl methyl sites for hydroxylation is 3. The topological polar surface area (TPSA) is 87.5 Å². The fraction of sp³-hybridized carbons (Fsp3) is 0.360. The first-order chi connectivity index (χ1) is 16.2. The summed E-state index contributed by atoms with van der Waals surface area (Å²) in [5.74, 6) is -0.869. The molecule has 1 amide bonds. The van der Waals surface area contributed by atoms with Crippen molar-refractivity contribution in [2.75, 3.05) is 23.3 Å². The zero-order chi connectivity index (χ0) is 24.1. The molecule has 0 bridgehead atoms. The molecule has 2 atom stereocenters. The molecule has 176 valence electrons. The Balaban J connectivity index is 1.56. The zero-order valence-electron chi connectivity index (χ0n) is 20.0. The zero-order valence-corrected chi connectivity index (χ0v) is 20.0. The van der Waals surface area contributed by atoms with Crippen LogP contribution < -0.4 is 15.5 Å². The van der Waals surface area contributed by atoms with Crippen LogP contribution in [-0.2, 0) is 0 Å².